The number of hydrogen-bond donors (Lipinski definition) is 1. The molecule has 190 valence electrons. The zero-order chi connectivity index (χ0) is 25.6. The van der Waals surface area contributed by atoms with Gasteiger partial charge in [0.25, 0.3) is 0 Å². The van der Waals surface area contributed by atoms with Crippen LogP contribution < -0.4 is 14.2 Å². The Labute approximate surface area is 209 Å². The summed E-state index contributed by atoms with van der Waals surface area (Å²) in [6.45, 7) is 3.55. The van der Waals surface area contributed by atoms with Gasteiger partial charge in [-0.3, -0.25) is 9.29 Å². The summed E-state index contributed by atoms with van der Waals surface area (Å²) in [7, 11) is 0.383. The molecule has 0 aliphatic carbocycles. The van der Waals surface area contributed by atoms with Crippen molar-refractivity contribution < 1.29 is 22.6 Å². The highest BCUT2D eigenvalue weighted by Gasteiger charge is 2.34. The van der Waals surface area contributed by atoms with Crippen molar-refractivity contribution in [3.8, 4) is 17.2 Å². The zero-order valence-electron chi connectivity index (χ0n) is 20.2. The van der Waals surface area contributed by atoms with Gasteiger partial charge in [-0.15, -0.1) is 10.2 Å². The molecule has 0 aliphatic heterocycles. The first kappa shape index (κ1) is 26.6. The third-order valence-electron chi connectivity index (χ3n) is 5.41. The quantitative estimate of drug-likeness (QED) is 0.377. The van der Waals surface area contributed by atoms with Gasteiger partial charge in [0, 0.05) is 25.9 Å². The van der Waals surface area contributed by atoms with E-state index < -0.39 is 21.4 Å². The number of nitrogens with one attached hydrogen (secondary N) is 1. The monoisotopic (exact) mass is 524 g/mol. The molecule has 0 radical (unpaired) electrons. The minimum absolute atomic E-state index is 0.00219. The lowest BCUT2D eigenvalue weighted by Crippen LogP contribution is -2.33. The Hall–Kier alpha value is -2.96. The molecule has 1 aromatic carbocycles. The van der Waals surface area contributed by atoms with Crippen molar-refractivity contribution in [1.29, 1.82) is 0 Å². The van der Waals surface area contributed by atoms with Crippen molar-refractivity contribution in [3.63, 3.8) is 0 Å². The van der Waals surface area contributed by atoms with Crippen LogP contribution >= 0.6 is 11.6 Å². The van der Waals surface area contributed by atoms with Gasteiger partial charge in [-0.1, -0.05) is 31.0 Å². The number of sulfonamides is 1. The highest BCUT2D eigenvalue weighted by Crippen LogP contribution is 2.36. The molecule has 1 N–H and O–H groups in total. The van der Waals surface area contributed by atoms with Gasteiger partial charge in [0.05, 0.1) is 19.2 Å². The lowest BCUT2D eigenvalue weighted by Gasteiger charge is -2.22. The van der Waals surface area contributed by atoms with Crippen LogP contribution in [0.4, 0.5) is 5.95 Å². The Morgan fingerprint density at radius 3 is 2.26 bits per heavy atom. The molecular weight excluding hydrogens is 496 g/mol. The molecule has 0 spiro atoms. The number of anilines is 1. The largest absolute Gasteiger partial charge is 0.494 e. The second kappa shape index (κ2) is 11.6. The maximum absolute atomic E-state index is 13.4. The molecule has 2 heterocycles. The average molecular weight is 525 g/mol. The van der Waals surface area contributed by atoms with Gasteiger partial charge in [0.1, 0.15) is 34.4 Å². The third kappa shape index (κ3) is 5.82. The van der Waals surface area contributed by atoms with Gasteiger partial charge in [-0.05, 0) is 25.5 Å². The van der Waals surface area contributed by atoms with E-state index in [9.17, 15) is 8.42 Å². The Morgan fingerprint density at radius 2 is 1.71 bits per heavy atom. The average Bonchev–Trinajstić information content (AvgIpc) is 3.24. The molecule has 2 aromatic heterocycles. The number of unbranched alkanes of at least 4 members (excludes halogenated alkanes) is 1. The highest BCUT2D eigenvalue weighted by atomic mass is 35.5. The lowest BCUT2D eigenvalue weighted by atomic mass is 10.2. The molecule has 3 rings (SSSR count). The van der Waals surface area contributed by atoms with E-state index in [1.54, 1.807) is 22.8 Å². The number of para-hydroxylation sites is 1. The van der Waals surface area contributed by atoms with E-state index in [2.05, 4.69) is 31.8 Å². The van der Waals surface area contributed by atoms with E-state index >= 15 is 0 Å². The molecule has 0 saturated heterocycles. The van der Waals surface area contributed by atoms with E-state index in [0.29, 0.717) is 34.5 Å². The summed E-state index contributed by atoms with van der Waals surface area (Å²) in [6, 6.07) is 5.28. The predicted octanol–water partition coefficient (Wildman–Crippen LogP) is 3.59. The molecule has 13 heteroatoms. The normalized spacial score (nSPS) is 13.3. The topological polar surface area (TPSA) is 130 Å². The summed E-state index contributed by atoms with van der Waals surface area (Å²) in [6.07, 6.45) is 4.13. The van der Waals surface area contributed by atoms with Crippen LogP contribution in [0.15, 0.2) is 30.6 Å². The highest BCUT2D eigenvalue weighted by molar-refractivity contribution is 7.93. The summed E-state index contributed by atoms with van der Waals surface area (Å²) in [5.41, 5.74) is 0.489. The number of ether oxygens (including phenoxy) is 3. The van der Waals surface area contributed by atoms with Crippen molar-refractivity contribution in [2.75, 3.05) is 26.1 Å². The summed E-state index contributed by atoms with van der Waals surface area (Å²) in [5.74, 6) is 1.69. The Balaban J connectivity index is 2.06. The fourth-order valence-electron chi connectivity index (χ4n) is 3.53. The van der Waals surface area contributed by atoms with Gasteiger partial charge >= 0.3 is 0 Å². The molecule has 3 aromatic rings. The van der Waals surface area contributed by atoms with Gasteiger partial charge < -0.3 is 14.2 Å². The van der Waals surface area contributed by atoms with E-state index in [1.807, 2.05) is 0 Å². The third-order valence-corrected chi connectivity index (χ3v) is 7.30. The molecule has 2 atom stereocenters. The number of aryl methyl sites for hydroxylation is 1. The first-order valence-electron chi connectivity index (χ1n) is 10.9. The molecule has 35 heavy (non-hydrogen) atoms. The van der Waals surface area contributed by atoms with Crippen LogP contribution in [0.2, 0.25) is 5.02 Å². The van der Waals surface area contributed by atoms with Gasteiger partial charge in [-0.25, -0.2) is 18.4 Å². The molecule has 0 unspecified atom stereocenters. The summed E-state index contributed by atoms with van der Waals surface area (Å²) in [5, 5.41) is 7.66. The van der Waals surface area contributed by atoms with Crippen LogP contribution in [0, 0.1) is 0 Å². The smallest absolute Gasteiger partial charge is 0.243 e. The number of nitrogens with zero attached hydrogens (tertiary/aromatic N) is 5. The van der Waals surface area contributed by atoms with Crippen molar-refractivity contribution in [3.05, 3.63) is 47.3 Å². The molecule has 0 bridgehead atoms. The molecule has 11 nitrogen and oxygen atoms in total. The number of methoxy groups -OCH3 is 3. The lowest BCUT2D eigenvalue weighted by molar-refractivity contribution is 0.0950. The van der Waals surface area contributed by atoms with Crippen LogP contribution in [-0.2, 0) is 21.2 Å². The molecule has 0 saturated carbocycles. The minimum atomic E-state index is -4.05. The van der Waals surface area contributed by atoms with E-state index in [1.165, 1.54) is 40.6 Å². The Bertz CT molecular complexity index is 1210. The Morgan fingerprint density at radius 1 is 1.09 bits per heavy atom. The predicted molar refractivity (Wildman–Crippen MR) is 132 cm³/mol. The fourth-order valence-corrected chi connectivity index (χ4v) is 4.75. The van der Waals surface area contributed by atoms with Gasteiger partial charge in [0.15, 0.2) is 5.82 Å². The fraction of sp³-hybridized carbons (Fsp3) is 0.455. The van der Waals surface area contributed by atoms with E-state index in [0.717, 1.165) is 12.8 Å². The summed E-state index contributed by atoms with van der Waals surface area (Å²) < 4.78 is 47.6. The van der Waals surface area contributed by atoms with Crippen LogP contribution in [0.5, 0.6) is 11.5 Å². The van der Waals surface area contributed by atoms with Crippen LogP contribution in [0.1, 0.15) is 44.4 Å². The van der Waals surface area contributed by atoms with E-state index in [4.69, 9.17) is 25.8 Å². The zero-order valence-corrected chi connectivity index (χ0v) is 21.8. The SMILES string of the molecule is CCCCc1nnc(NS(=O)(=O)[C@@H](C)[C@H](OC)c2ncc(Cl)cn2)n1-c1c(OC)cccc1OC. The van der Waals surface area contributed by atoms with Crippen molar-refractivity contribution in [2.24, 2.45) is 0 Å². The van der Waals surface area contributed by atoms with Crippen molar-refractivity contribution >= 4 is 27.6 Å². The number of aromatic nitrogens is 5. The van der Waals surface area contributed by atoms with Crippen LogP contribution in [-0.4, -0.2) is 59.7 Å². The van der Waals surface area contributed by atoms with Crippen molar-refractivity contribution in [2.45, 2.75) is 44.5 Å². The van der Waals surface area contributed by atoms with Crippen LogP contribution in [0.3, 0.4) is 0 Å². The number of rotatable bonds is 12. The maximum atomic E-state index is 13.4. The first-order valence-corrected chi connectivity index (χ1v) is 12.9. The van der Waals surface area contributed by atoms with Gasteiger partial charge in [0.2, 0.25) is 16.0 Å². The second-order valence-corrected chi connectivity index (χ2v) is 10.1. The van der Waals surface area contributed by atoms with Gasteiger partial charge in [-0.2, -0.15) is 0 Å². The first-order chi connectivity index (χ1) is 16.8. The number of benzene rings is 1. The van der Waals surface area contributed by atoms with E-state index in [-0.39, 0.29) is 11.8 Å². The molecule has 0 aliphatic rings. The molecule has 0 amide bonds. The maximum Gasteiger partial charge on any atom is 0.243 e. The Kier molecular flexibility index (Phi) is 8.87. The van der Waals surface area contributed by atoms with Crippen LogP contribution in [0.25, 0.3) is 5.69 Å². The molecule has 0 fully saturated rings. The van der Waals surface area contributed by atoms with Crippen molar-refractivity contribution in [1.82, 2.24) is 24.7 Å². The molecular formula is C22H29ClN6O5S. The number of halogens is 1. The standard InChI is InChI=1S/C22H29ClN6O5S/c1-6-7-11-18-26-27-22(29(18)19-16(32-3)9-8-10-17(19)33-4)28-35(30,31)14(2)20(34-5)21-24-12-15(23)13-25-21/h8-10,12-14,20H,6-7,11H2,1-5H3,(H,27,28)/t14-,20-/m0/s1. The summed E-state index contributed by atoms with van der Waals surface area (Å²) >= 11 is 5.87. The number of hydrogen-bond acceptors (Lipinski definition) is 9. The summed E-state index contributed by atoms with van der Waals surface area (Å²) in [4.78, 5) is 8.23. The minimum Gasteiger partial charge on any atom is -0.494 e. The second-order valence-electron chi connectivity index (χ2n) is 7.66.